The maximum absolute atomic E-state index is 10.9. The van der Waals surface area contributed by atoms with Gasteiger partial charge in [0.2, 0.25) is 6.79 Å². The van der Waals surface area contributed by atoms with E-state index in [0.717, 1.165) is 0 Å². The molecule has 2 N–H and O–H groups in total. The van der Waals surface area contributed by atoms with Gasteiger partial charge in [-0.25, -0.2) is 0 Å². The van der Waals surface area contributed by atoms with Crippen LogP contribution in [0.5, 0.6) is 11.5 Å². The predicted molar refractivity (Wildman–Crippen MR) is 41.1 cm³/mol. The first-order valence-corrected chi connectivity index (χ1v) is 3.47. The lowest BCUT2D eigenvalue weighted by molar-refractivity contribution is 0.0877. The highest BCUT2D eigenvalue weighted by atomic mass is 16.7. The quantitative estimate of drug-likeness (QED) is 0.659. The van der Waals surface area contributed by atoms with Crippen LogP contribution in [0.4, 0.5) is 0 Å². The number of carbonyl (C=O) groups excluding carboxylic acids is 1. The van der Waals surface area contributed by atoms with E-state index in [1.165, 1.54) is 0 Å². The van der Waals surface area contributed by atoms with Gasteiger partial charge in [0.25, 0.3) is 5.91 Å². The van der Waals surface area contributed by atoms with Crippen LogP contribution in [0, 0.1) is 0 Å². The lowest BCUT2D eigenvalue weighted by Crippen LogP contribution is -2.21. The van der Waals surface area contributed by atoms with Gasteiger partial charge in [0.15, 0.2) is 0 Å². The maximum atomic E-state index is 10.9. The van der Waals surface area contributed by atoms with Gasteiger partial charge in [-0.1, -0.05) is 6.07 Å². The Kier molecular flexibility index (Phi) is 1.40. The Morgan fingerprint density at radius 3 is 2.33 bits per heavy atom. The number of benzene rings is 1. The highest BCUT2D eigenvalue weighted by Crippen LogP contribution is 2.31. The van der Waals surface area contributed by atoms with Crippen LogP contribution >= 0.6 is 0 Å². The molecule has 0 saturated heterocycles. The van der Waals surface area contributed by atoms with Gasteiger partial charge in [0, 0.05) is 0 Å². The summed E-state index contributed by atoms with van der Waals surface area (Å²) in [5.41, 5.74) is 5.45. The third-order valence-electron chi connectivity index (χ3n) is 1.66. The van der Waals surface area contributed by atoms with E-state index in [4.69, 9.17) is 15.2 Å². The first kappa shape index (κ1) is 6.97. The normalized spacial score (nSPS) is 13.0. The molecule has 1 heterocycles. The summed E-state index contributed by atoms with van der Waals surface area (Å²) in [5, 5.41) is 0. The van der Waals surface area contributed by atoms with Gasteiger partial charge >= 0.3 is 0 Å². The van der Waals surface area contributed by atoms with E-state index in [1.54, 1.807) is 18.2 Å². The summed E-state index contributed by atoms with van der Waals surface area (Å²) in [5.74, 6) is 0.456. The number of rotatable bonds is 1. The Labute approximate surface area is 68.9 Å². The molecule has 1 amide bonds. The topological polar surface area (TPSA) is 61.6 Å². The zero-order valence-corrected chi connectivity index (χ0v) is 6.24. The Morgan fingerprint density at radius 1 is 1.33 bits per heavy atom. The Morgan fingerprint density at radius 2 is 1.92 bits per heavy atom. The zero-order chi connectivity index (χ0) is 8.55. The van der Waals surface area contributed by atoms with Crippen molar-refractivity contribution in [2.45, 2.75) is 0 Å². The molecule has 0 aromatic heterocycles. The Balaban J connectivity index is 2.61. The number of amides is 1. The fourth-order valence-corrected chi connectivity index (χ4v) is 1.15. The average molecular weight is 165 g/mol. The summed E-state index contributed by atoms with van der Waals surface area (Å²) in [6.07, 6.45) is 0. The van der Waals surface area contributed by atoms with Crippen molar-refractivity contribution in [1.82, 2.24) is 0 Å². The predicted octanol–water partition coefficient (Wildman–Crippen LogP) is 0.514. The van der Waals surface area contributed by atoms with Crippen molar-refractivity contribution in [3.63, 3.8) is 0 Å². The number of hydrogen-bond donors (Lipinski definition) is 1. The number of nitrogens with two attached hydrogens (primary N) is 1. The van der Waals surface area contributed by atoms with Crippen molar-refractivity contribution in [3.8, 4) is 11.5 Å². The van der Waals surface area contributed by atoms with Gasteiger partial charge in [-0.15, -0.1) is 0 Å². The van der Waals surface area contributed by atoms with Crippen LogP contribution in [0.2, 0.25) is 0 Å². The molecule has 12 heavy (non-hydrogen) atoms. The highest BCUT2D eigenvalue weighted by Gasteiger charge is 2.19. The zero-order valence-electron chi connectivity index (χ0n) is 6.24. The van der Waals surface area contributed by atoms with Crippen LogP contribution in [-0.4, -0.2) is 12.7 Å². The van der Waals surface area contributed by atoms with Crippen LogP contribution in [0.25, 0.3) is 0 Å². The van der Waals surface area contributed by atoms with Crippen LogP contribution in [0.1, 0.15) is 10.4 Å². The van der Waals surface area contributed by atoms with E-state index >= 15 is 0 Å². The number of ether oxygens (including phenoxy) is 2. The minimum absolute atomic E-state index is 0.141. The monoisotopic (exact) mass is 165 g/mol. The van der Waals surface area contributed by atoms with Gasteiger partial charge in [0.1, 0.15) is 17.1 Å². The Hall–Kier alpha value is -1.71. The van der Waals surface area contributed by atoms with E-state index in [9.17, 15) is 4.79 Å². The average Bonchev–Trinajstić information content (AvgIpc) is 2.02. The van der Waals surface area contributed by atoms with Gasteiger partial charge in [-0.05, 0) is 12.1 Å². The maximum Gasteiger partial charge on any atom is 0.256 e. The molecule has 4 nitrogen and oxygen atoms in total. The molecule has 1 aromatic rings. The Bertz CT molecular complexity index is 313. The first-order valence-electron chi connectivity index (χ1n) is 3.47. The second kappa shape index (κ2) is 2.41. The molecule has 0 aliphatic carbocycles. The third kappa shape index (κ3) is 0.887. The lowest BCUT2D eigenvalue weighted by atomic mass is 10.1. The molecule has 0 radical (unpaired) electrons. The van der Waals surface area contributed by atoms with Crippen molar-refractivity contribution in [3.05, 3.63) is 23.8 Å². The summed E-state index contributed by atoms with van der Waals surface area (Å²) in [7, 11) is 0. The van der Waals surface area contributed by atoms with E-state index in [1.807, 2.05) is 0 Å². The molecule has 2 rings (SSSR count). The number of carbonyl (C=O) groups is 1. The molecular formula is C8H7NO3. The summed E-state index contributed by atoms with van der Waals surface area (Å²) in [4.78, 5) is 10.9. The van der Waals surface area contributed by atoms with E-state index in [2.05, 4.69) is 0 Å². The summed E-state index contributed by atoms with van der Waals surface area (Å²) in [6, 6.07) is 5.12. The van der Waals surface area contributed by atoms with Gasteiger partial charge in [-0.3, -0.25) is 4.79 Å². The second-order valence-corrected chi connectivity index (χ2v) is 2.40. The fraction of sp³-hybridized carbons (Fsp3) is 0.125. The van der Waals surface area contributed by atoms with Crippen LogP contribution in [-0.2, 0) is 0 Å². The molecule has 4 heteroatoms. The fourth-order valence-electron chi connectivity index (χ4n) is 1.15. The van der Waals surface area contributed by atoms with Crippen molar-refractivity contribution in [2.24, 2.45) is 5.73 Å². The molecule has 0 spiro atoms. The minimum Gasteiger partial charge on any atom is -0.457 e. The smallest absolute Gasteiger partial charge is 0.256 e. The van der Waals surface area contributed by atoms with E-state index < -0.39 is 5.91 Å². The molecule has 0 atom stereocenters. The number of fused-ring (bicyclic) bond motifs is 2. The standard InChI is InChI=1S/C8H7NO3/c9-8(10)7-5-2-1-3-6(7)12-4-11-5/h1-3H,4H2,(H2,9,10). The van der Waals surface area contributed by atoms with Crippen molar-refractivity contribution in [1.29, 1.82) is 0 Å². The largest absolute Gasteiger partial charge is 0.457 e. The molecule has 2 bridgehead atoms. The lowest BCUT2D eigenvalue weighted by Gasteiger charge is -2.18. The number of hydrogen-bond acceptors (Lipinski definition) is 3. The van der Waals surface area contributed by atoms with Crippen molar-refractivity contribution < 1.29 is 14.3 Å². The van der Waals surface area contributed by atoms with E-state index in [-0.39, 0.29) is 6.79 Å². The van der Waals surface area contributed by atoms with Crippen LogP contribution < -0.4 is 15.2 Å². The SMILES string of the molecule is NC(=O)c1c2cccc1OCO2. The molecule has 1 aliphatic rings. The second-order valence-electron chi connectivity index (χ2n) is 2.40. The molecular weight excluding hydrogens is 158 g/mol. The molecule has 1 aromatic carbocycles. The summed E-state index contributed by atoms with van der Waals surface area (Å²) >= 11 is 0. The summed E-state index contributed by atoms with van der Waals surface area (Å²) < 4.78 is 10.1. The first-order chi connectivity index (χ1) is 5.79. The third-order valence-corrected chi connectivity index (χ3v) is 1.66. The molecule has 1 aliphatic heterocycles. The molecule has 0 fully saturated rings. The van der Waals surface area contributed by atoms with Crippen LogP contribution in [0.3, 0.4) is 0 Å². The molecule has 62 valence electrons. The van der Waals surface area contributed by atoms with Gasteiger partial charge < -0.3 is 15.2 Å². The number of primary amides is 1. The highest BCUT2D eigenvalue weighted by molar-refractivity contribution is 5.98. The summed E-state index contributed by atoms with van der Waals surface area (Å²) in [6.45, 7) is 0.141. The molecule has 0 saturated carbocycles. The van der Waals surface area contributed by atoms with Crippen molar-refractivity contribution in [2.75, 3.05) is 6.79 Å². The minimum atomic E-state index is -0.527. The van der Waals surface area contributed by atoms with E-state index in [0.29, 0.717) is 17.1 Å². The van der Waals surface area contributed by atoms with Crippen LogP contribution in [0.15, 0.2) is 18.2 Å². The van der Waals surface area contributed by atoms with Gasteiger partial charge in [-0.2, -0.15) is 0 Å². The van der Waals surface area contributed by atoms with Gasteiger partial charge in [0.05, 0.1) is 0 Å². The van der Waals surface area contributed by atoms with Crippen molar-refractivity contribution >= 4 is 5.91 Å². The molecule has 0 unspecified atom stereocenters.